The van der Waals surface area contributed by atoms with Crippen LogP contribution < -0.4 is 0 Å². The fraction of sp³-hybridized carbons (Fsp3) is 0. The molecule has 2 aromatic carbocycles. The molecule has 0 spiro atoms. The molecule has 2 aromatic rings. The van der Waals surface area contributed by atoms with Gasteiger partial charge in [-0.1, -0.05) is 48.5 Å². The molecule has 2 rings (SSSR count). The number of hydrogen-bond donors (Lipinski definition) is 0. The van der Waals surface area contributed by atoms with Crippen LogP contribution in [0.5, 0.6) is 0 Å². The molecule has 0 radical (unpaired) electrons. The molecule has 0 saturated carbocycles. The summed E-state index contributed by atoms with van der Waals surface area (Å²) in [7, 11) is 0. The molecule has 0 bridgehead atoms. The van der Waals surface area contributed by atoms with Crippen molar-refractivity contribution in [3.8, 4) is 11.1 Å². The van der Waals surface area contributed by atoms with Gasteiger partial charge in [-0.15, -0.1) is 0 Å². The normalized spacial score (nSPS) is 8.60. The van der Waals surface area contributed by atoms with E-state index in [9.17, 15) is 4.39 Å². The van der Waals surface area contributed by atoms with Crippen LogP contribution in [0.1, 0.15) is 0 Å². The molecule has 68 valence electrons. The van der Waals surface area contributed by atoms with Gasteiger partial charge < -0.3 is 0 Å². The number of hydrogen-bond acceptors (Lipinski definition) is 0. The zero-order chi connectivity index (χ0) is 9.10. The van der Waals surface area contributed by atoms with Crippen LogP contribution in [-0.4, -0.2) is 37.7 Å². The molecular formula is C12H11FLi2. The zero-order valence-electron chi connectivity index (χ0n) is 7.07. The van der Waals surface area contributed by atoms with E-state index >= 15 is 0 Å². The Morgan fingerprint density at radius 2 is 1.20 bits per heavy atom. The van der Waals surface area contributed by atoms with Gasteiger partial charge in [0.1, 0.15) is 5.82 Å². The Bertz CT molecular complexity index is 401. The van der Waals surface area contributed by atoms with Crippen molar-refractivity contribution in [2.75, 3.05) is 0 Å². The molecule has 0 aliphatic heterocycles. The van der Waals surface area contributed by atoms with Gasteiger partial charge in [0, 0.05) is 5.56 Å². The van der Waals surface area contributed by atoms with Crippen molar-refractivity contribution in [3.63, 3.8) is 0 Å². The van der Waals surface area contributed by atoms with E-state index in [0.717, 1.165) is 5.56 Å². The van der Waals surface area contributed by atoms with E-state index < -0.39 is 0 Å². The van der Waals surface area contributed by atoms with Crippen molar-refractivity contribution in [2.45, 2.75) is 0 Å². The molecule has 0 nitrogen and oxygen atoms in total. The van der Waals surface area contributed by atoms with Crippen molar-refractivity contribution in [1.29, 1.82) is 0 Å². The van der Waals surface area contributed by atoms with Crippen LogP contribution in [0.2, 0.25) is 0 Å². The van der Waals surface area contributed by atoms with Crippen molar-refractivity contribution in [1.82, 2.24) is 0 Å². The minimum absolute atomic E-state index is 0. The maximum absolute atomic E-state index is 13.3. The Kier molecular flexibility index (Phi) is 6.74. The van der Waals surface area contributed by atoms with Gasteiger partial charge >= 0.3 is 37.7 Å². The molecular weight excluding hydrogens is 177 g/mol. The first-order chi connectivity index (χ1) is 6.38. The Morgan fingerprint density at radius 3 is 1.80 bits per heavy atom. The topological polar surface area (TPSA) is 0 Å². The van der Waals surface area contributed by atoms with E-state index in [1.165, 1.54) is 6.07 Å². The van der Waals surface area contributed by atoms with Gasteiger partial charge in [0.25, 0.3) is 0 Å². The van der Waals surface area contributed by atoms with Crippen LogP contribution in [0, 0.1) is 5.82 Å². The summed E-state index contributed by atoms with van der Waals surface area (Å²) < 4.78 is 13.3. The summed E-state index contributed by atoms with van der Waals surface area (Å²) in [6.07, 6.45) is 0. The van der Waals surface area contributed by atoms with Crippen molar-refractivity contribution in [2.24, 2.45) is 0 Å². The van der Waals surface area contributed by atoms with E-state index in [-0.39, 0.29) is 43.5 Å². The standard InChI is InChI=1S/C12H9F.2Li.2H/c13-12-9-5-4-8-11(12)10-6-2-1-3-7-10;;;;/h1-9H;;;;. The summed E-state index contributed by atoms with van der Waals surface area (Å²) in [5.74, 6) is -0.172. The summed E-state index contributed by atoms with van der Waals surface area (Å²) in [6.45, 7) is 0. The third-order valence-corrected chi connectivity index (χ3v) is 1.96. The number of halogens is 1. The monoisotopic (exact) mass is 188 g/mol. The van der Waals surface area contributed by atoms with E-state index in [4.69, 9.17) is 0 Å². The first-order valence-corrected chi connectivity index (χ1v) is 4.18. The summed E-state index contributed by atoms with van der Waals surface area (Å²) in [5, 5.41) is 0. The molecule has 3 heteroatoms. The molecule has 0 fully saturated rings. The van der Waals surface area contributed by atoms with Crippen LogP contribution in [0.3, 0.4) is 0 Å². The van der Waals surface area contributed by atoms with Crippen molar-refractivity contribution >= 4 is 37.7 Å². The van der Waals surface area contributed by atoms with Gasteiger partial charge in [-0.2, -0.15) is 0 Å². The first kappa shape index (κ1) is 14.6. The Hall–Kier alpha value is -0.435. The third-order valence-electron chi connectivity index (χ3n) is 1.96. The van der Waals surface area contributed by atoms with Crippen LogP contribution in [0.15, 0.2) is 54.6 Å². The minimum atomic E-state index is -0.172. The molecule has 0 aliphatic carbocycles. The van der Waals surface area contributed by atoms with Gasteiger partial charge in [-0.3, -0.25) is 0 Å². The SMILES string of the molecule is Fc1ccccc1-c1ccccc1.[LiH].[LiH]. The molecule has 0 aliphatic rings. The van der Waals surface area contributed by atoms with Gasteiger partial charge in [-0.05, 0) is 11.6 Å². The van der Waals surface area contributed by atoms with Crippen molar-refractivity contribution in [3.05, 3.63) is 60.4 Å². The number of rotatable bonds is 1. The Balaban J connectivity index is 0.000000980. The summed E-state index contributed by atoms with van der Waals surface area (Å²) in [4.78, 5) is 0. The molecule has 0 heterocycles. The molecule has 0 unspecified atom stereocenters. The average Bonchev–Trinajstić information content (AvgIpc) is 2.20. The molecule has 15 heavy (non-hydrogen) atoms. The third kappa shape index (κ3) is 3.56. The Morgan fingerprint density at radius 1 is 0.667 bits per heavy atom. The molecule has 0 saturated heterocycles. The van der Waals surface area contributed by atoms with E-state index in [1.54, 1.807) is 12.1 Å². The predicted octanol–water partition coefficient (Wildman–Crippen LogP) is 2.20. The molecule has 0 amide bonds. The van der Waals surface area contributed by atoms with E-state index in [0.29, 0.717) is 5.56 Å². The summed E-state index contributed by atoms with van der Waals surface area (Å²) >= 11 is 0. The zero-order valence-corrected chi connectivity index (χ0v) is 7.07. The molecule has 0 atom stereocenters. The fourth-order valence-electron chi connectivity index (χ4n) is 1.31. The second-order valence-corrected chi connectivity index (χ2v) is 2.85. The second-order valence-electron chi connectivity index (χ2n) is 2.85. The predicted molar refractivity (Wildman–Crippen MR) is 66.1 cm³/mol. The quantitative estimate of drug-likeness (QED) is 0.602. The van der Waals surface area contributed by atoms with Gasteiger partial charge in [-0.25, -0.2) is 4.39 Å². The van der Waals surface area contributed by atoms with Crippen LogP contribution >= 0.6 is 0 Å². The summed E-state index contributed by atoms with van der Waals surface area (Å²) in [5.41, 5.74) is 1.57. The fourth-order valence-corrected chi connectivity index (χ4v) is 1.31. The van der Waals surface area contributed by atoms with Gasteiger partial charge in [0.2, 0.25) is 0 Å². The Labute approximate surface area is 113 Å². The van der Waals surface area contributed by atoms with Crippen LogP contribution in [0.4, 0.5) is 4.39 Å². The van der Waals surface area contributed by atoms with Crippen LogP contribution in [0.25, 0.3) is 11.1 Å². The molecule has 0 aromatic heterocycles. The van der Waals surface area contributed by atoms with Crippen LogP contribution in [-0.2, 0) is 0 Å². The van der Waals surface area contributed by atoms with E-state index in [2.05, 4.69) is 0 Å². The maximum atomic E-state index is 13.3. The molecule has 0 N–H and O–H groups in total. The van der Waals surface area contributed by atoms with Gasteiger partial charge in [0.15, 0.2) is 0 Å². The first-order valence-electron chi connectivity index (χ1n) is 4.18. The van der Waals surface area contributed by atoms with E-state index in [1.807, 2.05) is 36.4 Å². The number of benzene rings is 2. The second kappa shape index (κ2) is 6.94. The average molecular weight is 188 g/mol. The van der Waals surface area contributed by atoms with Gasteiger partial charge in [0.05, 0.1) is 0 Å². The summed E-state index contributed by atoms with van der Waals surface area (Å²) in [6, 6.07) is 16.3. The van der Waals surface area contributed by atoms with Crippen molar-refractivity contribution < 1.29 is 4.39 Å².